The van der Waals surface area contributed by atoms with E-state index in [-0.39, 0.29) is 5.91 Å². The van der Waals surface area contributed by atoms with Gasteiger partial charge in [-0.3, -0.25) is 10.1 Å². The molecular weight excluding hydrogens is 358 g/mol. The largest absolute Gasteiger partial charge is 0.326 e. The molecule has 0 bridgehead atoms. The molecule has 2 aromatic rings. The third kappa shape index (κ3) is 4.06. The Balaban J connectivity index is 1.37. The number of aryl methyl sites for hydroxylation is 2. The number of quaternary nitrogens is 1. The molecule has 6 heteroatoms. The molecule has 1 unspecified atom stereocenters. The molecule has 1 fully saturated rings. The van der Waals surface area contributed by atoms with Crippen LogP contribution in [0, 0.1) is 19.8 Å². The van der Waals surface area contributed by atoms with Crippen LogP contribution in [0.25, 0.3) is 0 Å². The van der Waals surface area contributed by atoms with Crippen molar-refractivity contribution in [1.29, 1.82) is 0 Å². The highest BCUT2D eigenvalue weighted by molar-refractivity contribution is 7.10. The lowest BCUT2D eigenvalue weighted by Crippen LogP contribution is -3.14. The molecule has 5 nitrogen and oxygen atoms in total. The number of nitrogens with one attached hydrogen (secondary N) is 3. The lowest BCUT2D eigenvalue weighted by Gasteiger charge is -2.32. The first-order valence-corrected chi connectivity index (χ1v) is 10.5. The van der Waals surface area contributed by atoms with E-state index < -0.39 is 6.03 Å². The summed E-state index contributed by atoms with van der Waals surface area (Å²) in [4.78, 5) is 27.5. The van der Waals surface area contributed by atoms with Gasteiger partial charge in [0.2, 0.25) is 0 Å². The van der Waals surface area contributed by atoms with E-state index >= 15 is 0 Å². The van der Waals surface area contributed by atoms with E-state index in [1.807, 2.05) is 43.4 Å². The van der Waals surface area contributed by atoms with Crippen LogP contribution in [0.15, 0.2) is 29.6 Å². The molecule has 4 rings (SSSR count). The fourth-order valence-electron chi connectivity index (χ4n) is 4.18. The first-order chi connectivity index (χ1) is 13.0. The smallest absolute Gasteiger partial charge is 0.320 e. The van der Waals surface area contributed by atoms with Crippen molar-refractivity contribution in [3.05, 3.63) is 51.2 Å². The van der Waals surface area contributed by atoms with Crippen molar-refractivity contribution in [2.24, 2.45) is 5.92 Å². The van der Waals surface area contributed by atoms with E-state index in [1.165, 1.54) is 28.2 Å². The zero-order valence-electron chi connectivity index (χ0n) is 15.8. The SMILES string of the molecule is Cc1ccc(NC(=O)NC(=O)C[NH+]2CCc3sccc3[C@H]2C2CC2)c(C)c1. The minimum atomic E-state index is -0.456. The first-order valence-electron chi connectivity index (χ1n) is 9.60. The molecule has 1 saturated carbocycles. The van der Waals surface area contributed by atoms with E-state index in [4.69, 9.17) is 0 Å². The minimum absolute atomic E-state index is 0.211. The molecule has 0 saturated heterocycles. The zero-order chi connectivity index (χ0) is 19.0. The number of carbonyl (C=O) groups is 2. The van der Waals surface area contributed by atoms with Crippen molar-refractivity contribution in [2.75, 3.05) is 18.4 Å². The van der Waals surface area contributed by atoms with Crippen molar-refractivity contribution in [3.8, 4) is 0 Å². The maximum absolute atomic E-state index is 12.5. The van der Waals surface area contributed by atoms with Gasteiger partial charge in [0.15, 0.2) is 6.54 Å². The van der Waals surface area contributed by atoms with E-state index in [9.17, 15) is 9.59 Å². The Morgan fingerprint density at radius 2 is 2.04 bits per heavy atom. The Morgan fingerprint density at radius 1 is 1.22 bits per heavy atom. The Labute approximate surface area is 163 Å². The van der Waals surface area contributed by atoms with E-state index in [2.05, 4.69) is 22.1 Å². The van der Waals surface area contributed by atoms with Gasteiger partial charge >= 0.3 is 6.03 Å². The van der Waals surface area contributed by atoms with Gasteiger partial charge in [-0.2, -0.15) is 0 Å². The molecular formula is C21H26N3O2S+. The molecule has 2 heterocycles. The predicted molar refractivity (Wildman–Crippen MR) is 107 cm³/mol. The topological polar surface area (TPSA) is 62.6 Å². The van der Waals surface area contributed by atoms with Gasteiger partial charge in [-0.1, -0.05) is 17.7 Å². The molecule has 3 amide bonds. The third-order valence-electron chi connectivity index (χ3n) is 5.59. The summed E-state index contributed by atoms with van der Waals surface area (Å²) in [5.41, 5.74) is 4.28. The summed E-state index contributed by atoms with van der Waals surface area (Å²) in [6.45, 7) is 5.26. The maximum Gasteiger partial charge on any atom is 0.326 e. The van der Waals surface area contributed by atoms with Gasteiger partial charge in [0.25, 0.3) is 5.91 Å². The number of amides is 3. The Morgan fingerprint density at radius 3 is 2.78 bits per heavy atom. The average Bonchev–Trinajstić information content (AvgIpc) is 3.33. The monoisotopic (exact) mass is 384 g/mol. The van der Waals surface area contributed by atoms with Gasteiger partial charge in [-0.15, -0.1) is 11.3 Å². The molecule has 2 atom stereocenters. The quantitative estimate of drug-likeness (QED) is 0.759. The summed E-state index contributed by atoms with van der Waals surface area (Å²) in [5, 5.41) is 7.46. The molecule has 0 spiro atoms. The van der Waals surface area contributed by atoms with Crippen LogP contribution >= 0.6 is 11.3 Å². The summed E-state index contributed by atoms with van der Waals surface area (Å²) in [7, 11) is 0. The van der Waals surface area contributed by atoms with Gasteiger partial charge in [0.05, 0.1) is 6.54 Å². The summed E-state index contributed by atoms with van der Waals surface area (Å²) in [6.07, 6.45) is 3.52. The normalized spacial score (nSPS) is 21.4. The van der Waals surface area contributed by atoms with Gasteiger partial charge in [-0.25, -0.2) is 4.79 Å². The maximum atomic E-state index is 12.5. The number of hydrogen-bond donors (Lipinski definition) is 3. The Bertz CT molecular complexity index is 872. The molecule has 1 aromatic carbocycles. The molecule has 1 aliphatic carbocycles. The summed E-state index contributed by atoms with van der Waals surface area (Å²) < 4.78 is 0. The van der Waals surface area contributed by atoms with Gasteiger partial charge < -0.3 is 10.2 Å². The highest BCUT2D eigenvalue weighted by Gasteiger charge is 2.43. The molecule has 1 aromatic heterocycles. The predicted octanol–water partition coefficient (Wildman–Crippen LogP) is 2.61. The third-order valence-corrected chi connectivity index (χ3v) is 6.59. The standard InChI is InChI=1S/C21H25N3O2S/c1-13-3-6-17(14(2)11-13)22-21(26)23-19(25)12-24-9-7-18-16(8-10-27-18)20(24)15-4-5-15/h3,6,8,10-11,15,20H,4-5,7,9,12H2,1-2H3,(H2,22,23,25,26)/p+1/t20-/m1/s1. The van der Waals surface area contributed by atoms with Crippen LogP contribution in [-0.4, -0.2) is 25.0 Å². The number of imide groups is 1. The number of thiophene rings is 1. The van der Waals surface area contributed by atoms with Crippen LogP contribution in [0.1, 0.15) is 40.5 Å². The van der Waals surface area contributed by atoms with Gasteiger partial charge in [-0.05, 0) is 49.8 Å². The second kappa shape index (κ2) is 7.44. The molecule has 1 aliphatic heterocycles. The van der Waals surface area contributed by atoms with E-state index in [1.54, 1.807) is 0 Å². The van der Waals surface area contributed by atoms with Crippen LogP contribution in [0.5, 0.6) is 0 Å². The Hall–Kier alpha value is -2.18. The number of carbonyl (C=O) groups excluding carboxylic acids is 2. The van der Waals surface area contributed by atoms with Crippen molar-refractivity contribution in [3.63, 3.8) is 0 Å². The number of urea groups is 1. The van der Waals surface area contributed by atoms with E-state index in [0.717, 1.165) is 29.8 Å². The summed E-state index contributed by atoms with van der Waals surface area (Å²) >= 11 is 1.83. The van der Waals surface area contributed by atoms with Crippen molar-refractivity contribution in [2.45, 2.75) is 39.2 Å². The second-order valence-electron chi connectivity index (χ2n) is 7.77. The minimum Gasteiger partial charge on any atom is -0.320 e. The van der Waals surface area contributed by atoms with E-state index in [0.29, 0.717) is 18.5 Å². The average molecular weight is 385 g/mol. The Kier molecular flexibility index (Phi) is 5.02. The van der Waals surface area contributed by atoms with Crippen LogP contribution < -0.4 is 15.5 Å². The molecule has 2 aliphatic rings. The van der Waals surface area contributed by atoms with Gasteiger partial charge in [0, 0.05) is 28.5 Å². The van der Waals surface area contributed by atoms with Crippen LogP contribution in [0.4, 0.5) is 10.5 Å². The van der Waals surface area contributed by atoms with Crippen molar-refractivity contribution in [1.82, 2.24) is 5.32 Å². The first kappa shape index (κ1) is 18.2. The lowest BCUT2D eigenvalue weighted by molar-refractivity contribution is -0.928. The number of benzene rings is 1. The highest BCUT2D eigenvalue weighted by Crippen LogP contribution is 2.42. The molecule has 0 radical (unpaired) electrons. The lowest BCUT2D eigenvalue weighted by atomic mass is 9.96. The van der Waals surface area contributed by atoms with Crippen LogP contribution in [-0.2, 0) is 11.2 Å². The zero-order valence-corrected chi connectivity index (χ0v) is 16.6. The summed E-state index contributed by atoms with van der Waals surface area (Å²) in [6, 6.07) is 8.00. The van der Waals surface area contributed by atoms with Crippen molar-refractivity contribution >= 4 is 29.0 Å². The number of hydrogen-bond acceptors (Lipinski definition) is 3. The van der Waals surface area contributed by atoms with Crippen molar-refractivity contribution < 1.29 is 14.5 Å². The number of rotatable bonds is 4. The van der Waals surface area contributed by atoms with Gasteiger partial charge in [0.1, 0.15) is 6.04 Å². The highest BCUT2D eigenvalue weighted by atomic mass is 32.1. The van der Waals surface area contributed by atoms with Crippen LogP contribution in [0.2, 0.25) is 0 Å². The van der Waals surface area contributed by atoms with Crippen LogP contribution in [0.3, 0.4) is 0 Å². The second-order valence-corrected chi connectivity index (χ2v) is 8.77. The molecule has 3 N–H and O–H groups in total. The number of fused-ring (bicyclic) bond motifs is 1. The summed E-state index contributed by atoms with van der Waals surface area (Å²) in [5.74, 6) is 0.474. The fourth-order valence-corrected chi connectivity index (χ4v) is 5.11. The molecule has 142 valence electrons. The molecule has 27 heavy (non-hydrogen) atoms. The fraction of sp³-hybridized carbons (Fsp3) is 0.429. The number of anilines is 1.